The Kier molecular flexibility index (Phi) is 2.46. The molecule has 3 heteroatoms. The number of carbonyl (C=O) groups is 1. The zero-order valence-electron chi connectivity index (χ0n) is 11.3. The van der Waals surface area contributed by atoms with Gasteiger partial charge in [0.1, 0.15) is 0 Å². The maximum Gasteiger partial charge on any atom is 0.240 e. The van der Waals surface area contributed by atoms with Crippen LogP contribution in [0, 0.1) is 0 Å². The molecule has 1 amide bonds. The first-order valence-corrected chi connectivity index (χ1v) is 7.42. The summed E-state index contributed by atoms with van der Waals surface area (Å²) >= 11 is 0. The third-order valence-corrected chi connectivity index (χ3v) is 5.02. The van der Waals surface area contributed by atoms with Crippen LogP contribution in [-0.4, -0.2) is 28.9 Å². The van der Waals surface area contributed by atoms with Crippen LogP contribution >= 0.6 is 0 Å². The van der Waals surface area contributed by atoms with E-state index < -0.39 is 0 Å². The molecule has 1 N–H and O–H groups in total. The first-order valence-electron chi connectivity index (χ1n) is 7.42. The molecule has 2 bridgehead atoms. The molecule has 2 saturated heterocycles. The molecule has 1 aromatic carbocycles. The molecule has 3 aliphatic heterocycles. The van der Waals surface area contributed by atoms with Gasteiger partial charge in [0.05, 0.1) is 12.1 Å². The quantitative estimate of drug-likeness (QED) is 0.770. The molecule has 4 rings (SSSR count). The maximum absolute atomic E-state index is 12.7. The van der Waals surface area contributed by atoms with E-state index in [2.05, 4.69) is 41.4 Å². The monoisotopic (exact) mass is 256 g/mol. The average Bonchev–Trinajstić information content (AvgIpc) is 2.44. The van der Waals surface area contributed by atoms with Crippen molar-refractivity contribution in [1.29, 1.82) is 0 Å². The van der Waals surface area contributed by atoms with Gasteiger partial charge in [-0.3, -0.25) is 4.79 Å². The first-order chi connectivity index (χ1) is 9.25. The summed E-state index contributed by atoms with van der Waals surface area (Å²) in [5.41, 5.74) is 2.79. The van der Waals surface area contributed by atoms with Crippen LogP contribution < -0.4 is 5.32 Å². The Balaban J connectivity index is 1.83. The molecule has 0 aliphatic carbocycles. The van der Waals surface area contributed by atoms with Crippen molar-refractivity contribution in [2.45, 2.75) is 56.8 Å². The molecule has 100 valence electrons. The summed E-state index contributed by atoms with van der Waals surface area (Å²) in [5, 5.41) is 3.57. The van der Waals surface area contributed by atoms with Gasteiger partial charge in [-0.05, 0) is 43.7 Å². The molecular formula is C16H20N2O. The molecule has 2 unspecified atom stereocenters. The lowest BCUT2D eigenvalue weighted by Gasteiger charge is -2.53. The Labute approximate surface area is 114 Å². The molecule has 0 aromatic heterocycles. The van der Waals surface area contributed by atoms with Gasteiger partial charge in [-0.1, -0.05) is 24.3 Å². The molecule has 1 aromatic rings. The lowest BCUT2D eigenvalue weighted by atomic mass is 9.78. The summed E-state index contributed by atoms with van der Waals surface area (Å²) in [6.07, 6.45) is 4.37. The SMILES string of the molecule is CC1Cc2ccccc2C2[C@@H]3CCC[C@@H](N3)C(=O)N12. The normalized spacial score (nSPS) is 36.7. The number of piperazine rings is 1. The van der Waals surface area contributed by atoms with Crippen LogP contribution in [0.4, 0.5) is 0 Å². The van der Waals surface area contributed by atoms with E-state index in [1.54, 1.807) is 0 Å². The van der Waals surface area contributed by atoms with Crippen molar-refractivity contribution < 1.29 is 4.79 Å². The average molecular weight is 256 g/mol. The van der Waals surface area contributed by atoms with Gasteiger partial charge in [0.15, 0.2) is 0 Å². The molecule has 3 nitrogen and oxygen atoms in total. The van der Waals surface area contributed by atoms with E-state index >= 15 is 0 Å². The van der Waals surface area contributed by atoms with Crippen LogP contribution in [0.1, 0.15) is 43.4 Å². The zero-order chi connectivity index (χ0) is 13.0. The predicted molar refractivity (Wildman–Crippen MR) is 73.8 cm³/mol. The van der Waals surface area contributed by atoms with Gasteiger partial charge < -0.3 is 10.2 Å². The second-order valence-electron chi connectivity index (χ2n) is 6.20. The topological polar surface area (TPSA) is 32.3 Å². The molecule has 0 saturated carbocycles. The molecule has 3 aliphatic rings. The van der Waals surface area contributed by atoms with Gasteiger partial charge in [0.2, 0.25) is 5.91 Å². The highest BCUT2D eigenvalue weighted by atomic mass is 16.2. The minimum absolute atomic E-state index is 0.0720. The van der Waals surface area contributed by atoms with Crippen molar-refractivity contribution in [2.24, 2.45) is 0 Å². The van der Waals surface area contributed by atoms with E-state index in [0.717, 1.165) is 12.8 Å². The van der Waals surface area contributed by atoms with E-state index in [4.69, 9.17) is 0 Å². The lowest BCUT2D eigenvalue weighted by molar-refractivity contribution is -0.146. The van der Waals surface area contributed by atoms with Gasteiger partial charge in [-0.2, -0.15) is 0 Å². The summed E-state index contributed by atoms with van der Waals surface area (Å²) < 4.78 is 0. The highest BCUT2D eigenvalue weighted by Gasteiger charge is 2.47. The molecule has 3 heterocycles. The second-order valence-corrected chi connectivity index (χ2v) is 6.20. The number of amides is 1. The van der Waals surface area contributed by atoms with Crippen molar-refractivity contribution in [3.05, 3.63) is 35.4 Å². The largest absolute Gasteiger partial charge is 0.330 e. The van der Waals surface area contributed by atoms with E-state index in [0.29, 0.717) is 18.0 Å². The fourth-order valence-corrected chi connectivity index (χ4v) is 4.20. The van der Waals surface area contributed by atoms with Gasteiger partial charge in [0, 0.05) is 12.1 Å². The number of hydrogen-bond acceptors (Lipinski definition) is 2. The minimum atomic E-state index is 0.0720. The zero-order valence-corrected chi connectivity index (χ0v) is 11.3. The number of benzene rings is 1. The summed E-state index contributed by atoms with van der Waals surface area (Å²) in [7, 11) is 0. The molecule has 0 radical (unpaired) electrons. The molecule has 0 spiro atoms. The Morgan fingerprint density at radius 1 is 1.26 bits per heavy atom. The van der Waals surface area contributed by atoms with E-state index in [-0.39, 0.29) is 12.1 Å². The van der Waals surface area contributed by atoms with Crippen molar-refractivity contribution in [3.63, 3.8) is 0 Å². The van der Waals surface area contributed by atoms with Crippen LogP contribution in [0.5, 0.6) is 0 Å². The van der Waals surface area contributed by atoms with Crippen LogP contribution in [0.3, 0.4) is 0 Å². The number of piperidine rings is 1. The predicted octanol–water partition coefficient (Wildman–Crippen LogP) is 2.03. The van der Waals surface area contributed by atoms with Gasteiger partial charge >= 0.3 is 0 Å². The van der Waals surface area contributed by atoms with E-state index in [1.807, 2.05) is 0 Å². The molecule has 2 fully saturated rings. The highest BCUT2D eigenvalue weighted by molar-refractivity contribution is 5.84. The van der Waals surface area contributed by atoms with Crippen molar-refractivity contribution in [1.82, 2.24) is 10.2 Å². The van der Waals surface area contributed by atoms with E-state index in [1.165, 1.54) is 24.0 Å². The number of carbonyl (C=O) groups excluding carboxylic acids is 1. The number of nitrogens with zero attached hydrogens (tertiary/aromatic N) is 1. The first kappa shape index (κ1) is 11.5. The van der Waals surface area contributed by atoms with Crippen LogP contribution in [0.2, 0.25) is 0 Å². The Morgan fingerprint density at radius 2 is 2.11 bits per heavy atom. The third kappa shape index (κ3) is 1.57. The molecular weight excluding hydrogens is 236 g/mol. The minimum Gasteiger partial charge on any atom is -0.330 e. The Bertz CT molecular complexity index is 527. The molecule has 19 heavy (non-hydrogen) atoms. The number of nitrogens with one attached hydrogen (secondary N) is 1. The van der Waals surface area contributed by atoms with Crippen LogP contribution in [-0.2, 0) is 11.2 Å². The Hall–Kier alpha value is -1.35. The van der Waals surface area contributed by atoms with Crippen molar-refractivity contribution >= 4 is 5.91 Å². The number of fused-ring (bicyclic) bond motifs is 6. The summed E-state index contributed by atoms with van der Waals surface area (Å²) in [6.45, 7) is 2.20. The van der Waals surface area contributed by atoms with Crippen LogP contribution in [0.15, 0.2) is 24.3 Å². The standard InChI is InChI=1S/C16H20N2O/c1-10-9-11-5-2-3-6-12(11)15-13-7-4-8-14(17-13)16(19)18(10)15/h2-3,5-6,10,13-15,17H,4,7-9H2,1H3/t10?,13-,14+,15?/m0/s1. The fourth-order valence-electron chi connectivity index (χ4n) is 4.20. The summed E-state index contributed by atoms with van der Waals surface area (Å²) in [5.74, 6) is 0.322. The van der Waals surface area contributed by atoms with Gasteiger partial charge in [0.25, 0.3) is 0 Å². The third-order valence-electron chi connectivity index (χ3n) is 5.02. The van der Waals surface area contributed by atoms with Gasteiger partial charge in [-0.25, -0.2) is 0 Å². The maximum atomic E-state index is 12.7. The molecule has 4 atom stereocenters. The summed E-state index contributed by atoms with van der Waals surface area (Å²) in [6, 6.07) is 9.76. The highest BCUT2D eigenvalue weighted by Crippen LogP contribution is 2.41. The van der Waals surface area contributed by atoms with Crippen LogP contribution in [0.25, 0.3) is 0 Å². The van der Waals surface area contributed by atoms with E-state index in [9.17, 15) is 4.79 Å². The second kappa shape index (κ2) is 4.07. The van der Waals surface area contributed by atoms with Crippen molar-refractivity contribution in [3.8, 4) is 0 Å². The smallest absolute Gasteiger partial charge is 0.240 e. The number of hydrogen-bond donors (Lipinski definition) is 1. The van der Waals surface area contributed by atoms with Gasteiger partial charge in [-0.15, -0.1) is 0 Å². The lowest BCUT2D eigenvalue weighted by Crippen LogP contribution is -2.66. The summed E-state index contributed by atoms with van der Waals surface area (Å²) in [4.78, 5) is 14.8. The number of rotatable bonds is 0. The fraction of sp³-hybridized carbons (Fsp3) is 0.562. The van der Waals surface area contributed by atoms with Crippen molar-refractivity contribution in [2.75, 3.05) is 0 Å². The Morgan fingerprint density at radius 3 is 3.00 bits per heavy atom.